The molecule has 96 valence electrons. The van der Waals surface area contributed by atoms with Crippen LogP contribution in [0, 0.1) is 20.8 Å². The van der Waals surface area contributed by atoms with Crippen molar-refractivity contribution in [3.63, 3.8) is 0 Å². The van der Waals surface area contributed by atoms with Crippen LogP contribution in [0.1, 0.15) is 48.6 Å². The highest BCUT2D eigenvalue weighted by Crippen LogP contribution is 2.23. The van der Waals surface area contributed by atoms with Crippen LogP contribution in [0.15, 0.2) is 12.1 Å². The highest BCUT2D eigenvalue weighted by molar-refractivity contribution is 5.39. The van der Waals surface area contributed by atoms with Gasteiger partial charge in [0.15, 0.2) is 0 Å². The van der Waals surface area contributed by atoms with E-state index in [9.17, 15) is 5.11 Å². The summed E-state index contributed by atoms with van der Waals surface area (Å²) in [6.07, 6.45) is 0.550. The number of hydrogen-bond donors (Lipinski definition) is 2. The second-order valence-corrected chi connectivity index (χ2v) is 5.00. The molecule has 0 amide bonds. The first-order valence-electron chi connectivity index (χ1n) is 6.44. The van der Waals surface area contributed by atoms with Crippen molar-refractivity contribution in [2.24, 2.45) is 0 Å². The number of nitrogens with one attached hydrogen (secondary N) is 1. The molecule has 0 aromatic heterocycles. The second kappa shape index (κ2) is 6.18. The summed E-state index contributed by atoms with van der Waals surface area (Å²) in [6, 6.07) is 4.73. The van der Waals surface area contributed by atoms with E-state index in [1.165, 1.54) is 22.3 Å². The monoisotopic (exact) mass is 235 g/mol. The summed E-state index contributed by atoms with van der Waals surface area (Å²) in [5.74, 6) is 0. The van der Waals surface area contributed by atoms with Gasteiger partial charge in [0, 0.05) is 12.6 Å². The van der Waals surface area contributed by atoms with Crippen molar-refractivity contribution < 1.29 is 5.11 Å². The molecule has 0 heterocycles. The van der Waals surface area contributed by atoms with Crippen LogP contribution in [0.5, 0.6) is 0 Å². The van der Waals surface area contributed by atoms with E-state index < -0.39 is 0 Å². The molecule has 0 aliphatic heterocycles. The van der Waals surface area contributed by atoms with E-state index in [0.717, 1.165) is 6.42 Å². The molecule has 0 fully saturated rings. The third-order valence-electron chi connectivity index (χ3n) is 3.30. The molecule has 2 unspecified atom stereocenters. The zero-order chi connectivity index (χ0) is 13.0. The SMILES string of the molecule is CCC(O)CNC(C)c1c(C)cc(C)cc1C. The number of aliphatic hydroxyl groups is 1. The topological polar surface area (TPSA) is 32.3 Å². The lowest BCUT2D eigenvalue weighted by atomic mass is 9.95. The fourth-order valence-electron chi connectivity index (χ4n) is 2.43. The minimum absolute atomic E-state index is 0.247. The van der Waals surface area contributed by atoms with Crippen molar-refractivity contribution in [1.82, 2.24) is 5.32 Å². The summed E-state index contributed by atoms with van der Waals surface area (Å²) in [5, 5.41) is 13.0. The molecule has 1 aromatic rings. The van der Waals surface area contributed by atoms with Crippen molar-refractivity contribution in [2.75, 3.05) is 6.54 Å². The minimum Gasteiger partial charge on any atom is -0.392 e. The maximum Gasteiger partial charge on any atom is 0.0662 e. The van der Waals surface area contributed by atoms with Crippen LogP contribution in [0.3, 0.4) is 0 Å². The third kappa shape index (κ3) is 3.83. The van der Waals surface area contributed by atoms with Gasteiger partial charge in [-0.3, -0.25) is 0 Å². The van der Waals surface area contributed by atoms with Gasteiger partial charge in [-0.1, -0.05) is 24.6 Å². The molecule has 0 saturated carbocycles. The first-order valence-corrected chi connectivity index (χ1v) is 6.44. The highest BCUT2D eigenvalue weighted by atomic mass is 16.3. The molecule has 2 atom stereocenters. The Labute approximate surface area is 105 Å². The lowest BCUT2D eigenvalue weighted by Crippen LogP contribution is -2.29. The average Bonchev–Trinajstić information content (AvgIpc) is 2.24. The van der Waals surface area contributed by atoms with Gasteiger partial charge in [0.2, 0.25) is 0 Å². The van der Waals surface area contributed by atoms with Crippen LogP contribution in [0.25, 0.3) is 0 Å². The zero-order valence-corrected chi connectivity index (χ0v) is 11.7. The molecule has 2 N–H and O–H groups in total. The molecule has 2 heteroatoms. The van der Waals surface area contributed by atoms with E-state index in [-0.39, 0.29) is 12.1 Å². The Hall–Kier alpha value is -0.860. The Morgan fingerprint density at radius 1 is 1.18 bits per heavy atom. The Morgan fingerprint density at radius 3 is 2.18 bits per heavy atom. The standard InChI is InChI=1S/C15H25NO/c1-6-14(17)9-16-13(5)15-11(3)7-10(2)8-12(15)4/h7-8,13-14,16-17H,6,9H2,1-5H3. The summed E-state index contributed by atoms with van der Waals surface area (Å²) in [4.78, 5) is 0. The molecular formula is C15H25NO. The van der Waals surface area contributed by atoms with Crippen LogP contribution >= 0.6 is 0 Å². The van der Waals surface area contributed by atoms with Crippen molar-refractivity contribution in [2.45, 2.75) is 53.2 Å². The van der Waals surface area contributed by atoms with Crippen LogP contribution in [-0.2, 0) is 0 Å². The highest BCUT2D eigenvalue weighted by Gasteiger charge is 2.12. The quantitative estimate of drug-likeness (QED) is 0.822. The van der Waals surface area contributed by atoms with E-state index in [2.05, 4.69) is 45.1 Å². The maximum absolute atomic E-state index is 9.57. The molecule has 0 bridgehead atoms. The number of aryl methyl sites for hydroxylation is 3. The van der Waals surface area contributed by atoms with Gasteiger partial charge in [-0.25, -0.2) is 0 Å². The average molecular weight is 235 g/mol. The predicted octanol–water partition coefficient (Wildman–Crippen LogP) is 3.03. The molecule has 1 aromatic carbocycles. The third-order valence-corrected chi connectivity index (χ3v) is 3.30. The molecule has 1 rings (SSSR count). The van der Waals surface area contributed by atoms with Gasteiger partial charge in [-0.05, 0) is 50.8 Å². The minimum atomic E-state index is -0.247. The molecule has 0 aliphatic carbocycles. The predicted molar refractivity (Wildman–Crippen MR) is 73.4 cm³/mol. The molecule has 0 saturated heterocycles. The summed E-state index contributed by atoms with van der Waals surface area (Å²) >= 11 is 0. The van der Waals surface area contributed by atoms with Gasteiger partial charge >= 0.3 is 0 Å². The van der Waals surface area contributed by atoms with Crippen LogP contribution in [0.4, 0.5) is 0 Å². The molecular weight excluding hydrogens is 210 g/mol. The van der Waals surface area contributed by atoms with E-state index in [4.69, 9.17) is 0 Å². The van der Waals surface area contributed by atoms with Gasteiger partial charge in [0.05, 0.1) is 6.10 Å². The number of benzene rings is 1. The fraction of sp³-hybridized carbons (Fsp3) is 0.600. The molecule has 17 heavy (non-hydrogen) atoms. The molecule has 0 aliphatic rings. The van der Waals surface area contributed by atoms with Gasteiger partial charge in [-0.15, -0.1) is 0 Å². The molecule has 2 nitrogen and oxygen atoms in total. The van der Waals surface area contributed by atoms with E-state index in [0.29, 0.717) is 6.54 Å². The van der Waals surface area contributed by atoms with E-state index >= 15 is 0 Å². The van der Waals surface area contributed by atoms with Gasteiger partial charge in [-0.2, -0.15) is 0 Å². The lowest BCUT2D eigenvalue weighted by molar-refractivity contribution is 0.163. The van der Waals surface area contributed by atoms with Crippen molar-refractivity contribution in [3.05, 3.63) is 34.4 Å². The zero-order valence-electron chi connectivity index (χ0n) is 11.7. The van der Waals surface area contributed by atoms with Gasteiger partial charge in [0.25, 0.3) is 0 Å². The van der Waals surface area contributed by atoms with E-state index in [1.807, 2.05) is 6.92 Å². The van der Waals surface area contributed by atoms with E-state index in [1.54, 1.807) is 0 Å². The Bertz CT molecular complexity index is 350. The summed E-state index contributed by atoms with van der Waals surface area (Å²) in [5.41, 5.74) is 5.32. The van der Waals surface area contributed by atoms with Crippen LogP contribution in [0.2, 0.25) is 0 Å². The lowest BCUT2D eigenvalue weighted by Gasteiger charge is -2.21. The smallest absolute Gasteiger partial charge is 0.0662 e. The van der Waals surface area contributed by atoms with Crippen LogP contribution in [-0.4, -0.2) is 17.8 Å². The Balaban J connectivity index is 2.78. The first kappa shape index (κ1) is 14.2. The fourth-order valence-corrected chi connectivity index (χ4v) is 2.43. The largest absolute Gasteiger partial charge is 0.392 e. The van der Waals surface area contributed by atoms with Crippen molar-refractivity contribution >= 4 is 0 Å². The van der Waals surface area contributed by atoms with Gasteiger partial charge in [0.1, 0.15) is 0 Å². The summed E-state index contributed by atoms with van der Waals surface area (Å²) in [6.45, 7) is 11.3. The molecule has 0 radical (unpaired) electrons. The summed E-state index contributed by atoms with van der Waals surface area (Å²) < 4.78 is 0. The Morgan fingerprint density at radius 2 is 1.71 bits per heavy atom. The normalized spacial score (nSPS) is 14.7. The first-order chi connectivity index (χ1) is 7.95. The van der Waals surface area contributed by atoms with Crippen molar-refractivity contribution in [1.29, 1.82) is 0 Å². The van der Waals surface area contributed by atoms with Crippen molar-refractivity contribution in [3.8, 4) is 0 Å². The van der Waals surface area contributed by atoms with Gasteiger partial charge < -0.3 is 10.4 Å². The second-order valence-electron chi connectivity index (χ2n) is 5.00. The number of rotatable bonds is 5. The number of hydrogen-bond acceptors (Lipinski definition) is 2. The van der Waals surface area contributed by atoms with Crippen LogP contribution < -0.4 is 5.32 Å². The molecule has 0 spiro atoms. The number of aliphatic hydroxyl groups excluding tert-OH is 1. The maximum atomic E-state index is 9.57. The Kier molecular flexibility index (Phi) is 5.16. The summed E-state index contributed by atoms with van der Waals surface area (Å²) in [7, 11) is 0.